The number of aryl methyl sites for hydroxylation is 3. The first-order valence-corrected chi connectivity index (χ1v) is 6.92. The van der Waals surface area contributed by atoms with Crippen molar-refractivity contribution in [1.29, 1.82) is 0 Å². The average Bonchev–Trinajstić information content (AvgIpc) is 2.94. The lowest BCUT2D eigenvalue weighted by Gasteiger charge is -2.19. The Labute approximate surface area is 114 Å². The lowest BCUT2D eigenvalue weighted by atomic mass is 10.1. The highest BCUT2D eigenvalue weighted by atomic mass is 15.3. The van der Waals surface area contributed by atoms with Crippen LogP contribution in [0.1, 0.15) is 43.5 Å². The van der Waals surface area contributed by atoms with Gasteiger partial charge in [0, 0.05) is 26.0 Å². The monoisotopic (exact) mass is 261 g/mol. The first kappa shape index (κ1) is 13.8. The molecule has 2 heterocycles. The van der Waals surface area contributed by atoms with Crippen molar-refractivity contribution in [2.45, 2.75) is 39.8 Å². The molecule has 5 nitrogen and oxygen atoms in total. The summed E-state index contributed by atoms with van der Waals surface area (Å²) in [5, 5.41) is 7.95. The molecular weight excluding hydrogens is 238 g/mol. The third-order valence-electron chi connectivity index (χ3n) is 3.21. The molecule has 0 aromatic carbocycles. The number of hydrogen-bond acceptors (Lipinski definition) is 3. The van der Waals surface area contributed by atoms with Crippen molar-refractivity contribution in [3.8, 4) is 0 Å². The van der Waals surface area contributed by atoms with Gasteiger partial charge in [-0.25, -0.2) is 4.98 Å². The van der Waals surface area contributed by atoms with E-state index >= 15 is 0 Å². The van der Waals surface area contributed by atoms with E-state index in [0.717, 1.165) is 36.7 Å². The highest BCUT2D eigenvalue weighted by Gasteiger charge is 2.21. The van der Waals surface area contributed by atoms with E-state index in [1.54, 1.807) is 0 Å². The summed E-state index contributed by atoms with van der Waals surface area (Å²) in [6, 6.07) is 2.22. The minimum Gasteiger partial charge on any atom is -0.333 e. The zero-order valence-corrected chi connectivity index (χ0v) is 12.2. The third kappa shape index (κ3) is 2.87. The lowest BCUT2D eigenvalue weighted by molar-refractivity contribution is 0.513. The molecule has 0 amide bonds. The number of nitrogens with one attached hydrogen (secondary N) is 1. The number of hydrogen-bond donors (Lipinski definition) is 1. The standard InChI is InChI=1S/C14H23N5/c1-5-8-19-9-7-16-14(19)13(15-6-2)12-10-11(3)17-18(12)4/h7,9-10,13,15H,5-6,8H2,1-4H3. The summed E-state index contributed by atoms with van der Waals surface area (Å²) in [6.07, 6.45) is 5.03. The zero-order valence-electron chi connectivity index (χ0n) is 12.2. The van der Waals surface area contributed by atoms with Crippen LogP contribution >= 0.6 is 0 Å². The average molecular weight is 261 g/mol. The van der Waals surface area contributed by atoms with Crippen LogP contribution in [0.4, 0.5) is 0 Å². The summed E-state index contributed by atoms with van der Waals surface area (Å²) >= 11 is 0. The second-order valence-electron chi connectivity index (χ2n) is 4.80. The molecular formula is C14H23N5. The fourth-order valence-electron chi connectivity index (χ4n) is 2.44. The smallest absolute Gasteiger partial charge is 0.132 e. The van der Waals surface area contributed by atoms with Crippen LogP contribution in [-0.4, -0.2) is 25.9 Å². The van der Waals surface area contributed by atoms with Crippen molar-refractivity contribution < 1.29 is 0 Å². The van der Waals surface area contributed by atoms with E-state index in [9.17, 15) is 0 Å². The predicted octanol–water partition coefficient (Wildman–Crippen LogP) is 2.03. The van der Waals surface area contributed by atoms with Gasteiger partial charge in [0.2, 0.25) is 0 Å². The van der Waals surface area contributed by atoms with Crippen molar-refractivity contribution in [1.82, 2.24) is 24.6 Å². The highest BCUT2D eigenvalue weighted by molar-refractivity contribution is 5.21. The van der Waals surface area contributed by atoms with Crippen LogP contribution in [0.15, 0.2) is 18.5 Å². The van der Waals surface area contributed by atoms with E-state index in [1.165, 1.54) is 0 Å². The Bertz CT molecular complexity index is 526. The van der Waals surface area contributed by atoms with E-state index in [-0.39, 0.29) is 6.04 Å². The van der Waals surface area contributed by atoms with Crippen LogP contribution in [0.25, 0.3) is 0 Å². The Hall–Kier alpha value is -1.62. The Morgan fingerprint density at radius 1 is 1.37 bits per heavy atom. The first-order valence-electron chi connectivity index (χ1n) is 6.92. The minimum atomic E-state index is 0.0951. The van der Waals surface area contributed by atoms with Gasteiger partial charge in [-0.05, 0) is 26.0 Å². The Balaban J connectivity index is 2.39. The molecule has 2 aromatic rings. The molecule has 0 saturated heterocycles. The second-order valence-corrected chi connectivity index (χ2v) is 4.80. The Morgan fingerprint density at radius 3 is 2.74 bits per heavy atom. The molecule has 0 saturated carbocycles. The fraction of sp³-hybridized carbons (Fsp3) is 0.571. The Morgan fingerprint density at radius 2 is 2.16 bits per heavy atom. The third-order valence-corrected chi connectivity index (χ3v) is 3.21. The predicted molar refractivity (Wildman–Crippen MR) is 76.0 cm³/mol. The van der Waals surface area contributed by atoms with Gasteiger partial charge in [0.25, 0.3) is 0 Å². The first-order chi connectivity index (χ1) is 9.17. The van der Waals surface area contributed by atoms with Crippen molar-refractivity contribution in [3.63, 3.8) is 0 Å². The second kappa shape index (κ2) is 6.02. The molecule has 0 bridgehead atoms. The zero-order chi connectivity index (χ0) is 13.8. The summed E-state index contributed by atoms with van der Waals surface area (Å²) in [5.74, 6) is 1.06. The molecule has 19 heavy (non-hydrogen) atoms. The van der Waals surface area contributed by atoms with E-state index < -0.39 is 0 Å². The van der Waals surface area contributed by atoms with Gasteiger partial charge in [0.05, 0.1) is 11.4 Å². The maximum atomic E-state index is 4.54. The van der Waals surface area contributed by atoms with Gasteiger partial charge in [-0.3, -0.25) is 4.68 Å². The van der Waals surface area contributed by atoms with Gasteiger partial charge < -0.3 is 9.88 Å². The van der Waals surface area contributed by atoms with Gasteiger partial charge in [-0.1, -0.05) is 13.8 Å². The van der Waals surface area contributed by atoms with Crippen molar-refractivity contribution in [3.05, 3.63) is 35.7 Å². The summed E-state index contributed by atoms with van der Waals surface area (Å²) < 4.78 is 4.16. The largest absolute Gasteiger partial charge is 0.333 e. The SMILES string of the molecule is CCCn1ccnc1C(NCC)c1cc(C)nn1C. The van der Waals surface area contributed by atoms with E-state index in [4.69, 9.17) is 0 Å². The van der Waals surface area contributed by atoms with Gasteiger partial charge in [-0.15, -0.1) is 0 Å². The summed E-state index contributed by atoms with van der Waals surface area (Å²) in [4.78, 5) is 4.54. The molecule has 0 spiro atoms. The number of nitrogens with zero attached hydrogens (tertiary/aromatic N) is 4. The molecule has 2 rings (SSSR count). The summed E-state index contributed by atoms with van der Waals surface area (Å²) in [5.41, 5.74) is 2.19. The van der Waals surface area contributed by atoms with Crippen molar-refractivity contribution >= 4 is 0 Å². The van der Waals surface area contributed by atoms with Crippen molar-refractivity contribution in [2.24, 2.45) is 7.05 Å². The van der Waals surface area contributed by atoms with Crippen LogP contribution in [0.5, 0.6) is 0 Å². The molecule has 2 aromatic heterocycles. The number of aromatic nitrogens is 4. The van der Waals surface area contributed by atoms with Gasteiger partial charge in [0.15, 0.2) is 0 Å². The molecule has 5 heteroatoms. The minimum absolute atomic E-state index is 0.0951. The molecule has 1 unspecified atom stereocenters. The molecule has 0 aliphatic carbocycles. The van der Waals surface area contributed by atoms with Crippen molar-refractivity contribution in [2.75, 3.05) is 6.54 Å². The molecule has 0 fully saturated rings. The van der Waals surface area contributed by atoms with Gasteiger partial charge >= 0.3 is 0 Å². The maximum absolute atomic E-state index is 4.54. The number of imidazole rings is 1. The number of rotatable bonds is 6. The highest BCUT2D eigenvalue weighted by Crippen LogP contribution is 2.21. The molecule has 1 N–H and O–H groups in total. The maximum Gasteiger partial charge on any atom is 0.132 e. The molecule has 0 aliphatic heterocycles. The lowest BCUT2D eigenvalue weighted by Crippen LogP contribution is -2.27. The topological polar surface area (TPSA) is 47.7 Å². The summed E-state index contributed by atoms with van der Waals surface area (Å²) in [6.45, 7) is 8.20. The molecule has 0 radical (unpaired) electrons. The van der Waals surface area contributed by atoms with E-state index in [2.05, 4.69) is 39.9 Å². The molecule has 104 valence electrons. The molecule has 0 aliphatic rings. The van der Waals surface area contributed by atoms with E-state index in [0.29, 0.717) is 0 Å². The Kier molecular flexibility index (Phi) is 4.37. The molecule has 1 atom stereocenters. The van der Waals surface area contributed by atoms with Gasteiger partial charge in [-0.2, -0.15) is 5.10 Å². The fourth-order valence-corrected chi connectivity index (χ4v) is 2.44. The van der Waals surface area contributed by atoms with Crippen LogP contribution in [0.3, 0.4) is 0 Å². The van der Waals surface area contributed by atoms with Crippen LogP contribution in [-0.2, 0) is 13.6 Å². The van der Waals surface area contributed by atoms with E-state index in [1.807, 2.05) is 31.0 Å². The summed E-state index contributed by atoms with van der Waals surface area (Å²) in [7, 11) is 1.99. The van der Waals surface area contributed by atoms with Crippen LogP contribution in [0.2, 0.25) is 0 Å². The van der Waals surface area contributed by atoms with Crippen LogP contribution in [0, 0.1) is 6.92 Å². The quantitative estimate of drug-likeness (QED) is 0.865. The van der Waals surface area contributed by atoms with Gasteiger partial charge in [0.1, 0.15) is 11.9 Å². The van der Waals surface area contributed by atoms with Crippen LogP contribution < -0.4 is 5.32 Å². The normalized spacial score (nSPS) is 12.8.